The van der Waals surface area contributed by atoms with E-state index < -0.39 is 6.17 Å². The van der Waals surface area contributed by atoms with Gasteiger partial charge in [-0.15, -0.1) is 11.3 Å². The van der Waals surface area contributed by atoms with Crippen LogP contribution in [0.25, 0.3) is 103 Å². The largest absolute Gasteiger partial charge is 0.461 e. The predicted molar refractivity (Wildman–Crippen MR) is 291 cm³/mol. The highest BCUT2D eigenvalue weighted by molar-refractivity contribution is 7.25. The summed E-state index contributed by atoms with van der Waals surface area (Å²) in [6, 6.07) is 66.8. The molecule has 2 atom stereocenters. The molecule has 6 heterocycles. The molecule has 0 saturated carbocycles. The van der Waals surface area contributed by atoms with Crippen molar-refractivity contribution in [3.05, 3.63) is 228 Å². The standard InChI is InChI=1S/C63H38N4O3S/c1-5-15-50-40(10-1)41-11-2-6-16-51(41)67(50)39-24-29-58-49(34-39)46-27-20-36(33-59(46)71-58)35-21-28-47-57(30-35)70-54-19-9-14-48(60(47)54)63-65-61(37-22-25-44-42-12-3-7-17-52(42)68-55(44)31-37)64-62(66-63)38-23-26-45-43-13-4-8-18-53(43)69-56(45)32-38/h1-25,27-34,45,61H,26H2,(H,64,65,66). The van der Waals surface area contributed by atoms with Crippen LogP contribution in [0.5, 0.6) is 5.75 Å². The van der Waals surface area contributed by atoms with Crippen LogP contribution in [0.15, 0.2) is 230 Å². The Hall–Kier alpha value is -8.98. The Bertz CT molecular complexity index is 4540. The number of nitrogens with zero attached hydrogens (tertiary/aromatic N) is 3. The Kier molecular flexibility index (Phi) is 8.09. The molecule has 2 unspecified atom stereocenters. The van der Waals surface area contributed by atoms with Crippen molar-refractivity contribution in [3.63, 3.8) is 0 Å². The van der Waals surface area contributed by atoms with Gasteiger partial charge in [-0.25, -0.2) is 9.98 Å². The van der Waals surface area contributed by atoms with Crippen molar-refractivity contribution in [3.8, 4) is 22.6 Å². The summed E-state index contributed by atoms with van der Waals surface area (Å²) in [5, 5.41) is 13.0. The summed E-state index contributed by atoms with van der Waals surface area (Å²) in [4.78, 5) is 10.6. The van der Waals surface area contributed by atoms with Gasteiger partial charge in [-0.05, 0) is 96.4 Å². The zero-order chi connectivity index (χ0) is 46.3. The van der Waals surface area contributed by atoms with Gasteiger partial charge in [0.15, 0.2) is 5.84 Å². The minimum atomic E-state index is -0.446. The van der Waals surface area contributed by atoms with Gasteiger partial charge in [-0.2, -0.15) is 0 Å². The van der Waals surface area contributed by atoms with E-state index in [1.165, 1.54) is 47.5 Å². The van der Waals surface area contributed by atoms with Crippen LogP contribution in [-0.4, -0.2) is 16.2 Å². The van der Waals surface area contributed by atoms with E-state index in [0.717, 1.165) is 101 Å². The molecule has 2 aliphatic heterocycles. The third-order valence-electron chi connectivity index (χ3n) is 14.8. The van der Waals surface area contributed by atoms with E-state index >= 15 is 0 Å². The molecule has 0 fully saturated rings. The van der Waals surface area contributed by atoms with Crippen LogP contribution in [0.4, 0.5) is 0 Å². The van der Waals surface area contributed by atoms with E-state index in [2.05, 4.69) is 168 Å². The first kappa shape index (κ1) is 38.9. The SMILES string of the molecule is C1=C(C2=NC(c3ccc4c(c3)oc3ccccc34)NC(c3cccc4oc5cc(-c6ccc7c(c6)sc6ccc(-n8c9ccccc9c9ccccc98)cc67)ccc5c34)=N2)C=C2Oc3ccccc3C2C1. The van der Waals surface area contributed by atoms with E-state index in [4.69, 9.17) is 23.6 Å². The van der Waals surface area contributed by atoms with Crippen molar-refractivity contribution in [2.24, 2.45) is 9.98 Å². The molecule has 13 aromatic rings. The number of allylic oxidation sites excluding steroid dienone is 2. The summed E-state index contributed by atoms with van der Waals surface area (Å²) in [6.07, 6.45) is 4.72. The third kappa shape index (κ3) is 5.89. The third-order valence-corrected chi connectivity index (χ3v) is 16.0. The average molecular weight is 931 g/mol. The number of furan rings is 2. The number of aromatic nitrogens is 1. The van der Waals surface area contributed by atoms with Gasteiger partial charge in [0.1, 0.15) is 45.8 Å². The predicted octanol–water partition coefficient (Wildman–Crippen LogP) is 16.5. The topological polar surface area (TPSA) is 77.2 Å². The number of hydrogen-bond donors (Lipinski definition) is 1. The van der Waals surface area contributed by atoms with Crippen LogP contribution in [0.3, 0.4) is 0 Å². The summed E-state index contributed by atoms with van der Waals surface area (Å²) >= 11 is 1.84. The lowest BCUT2D eigenvalue weighted by atomic mass is 9.89. The number of thiophene rings is 1. The molecule has 16 rings (SSSR count). The van der Waals surface area contributed by atoms with E-state index in [9.17, 15) is 0 Å². The number of hydrogen-bond acceptors (Lipinski definition) is 7. The van der Waals surface area contributed by atoms with Gasteiger partial charge in [-0.1, -0.05) is 121 Å². The quantitative estimate of drug-likeness (QED) is 0.187. The number of rotatable bonds is 5. The maximum absolute atomic E-state index is 6.74. The first-order valence-corrected chi connectivity index (χ1v) is 24.9. The second kappa shape index (κ2) is 14.8. The minimum absolute atomic E-state index is 0.182. The molecule has 1 aliphatic carbocycles. The van der Waals surface area contributed by atoms with Crippen molar-refractivity contribution >= 4 is 109 Å². The number of fused-ring (bicyclic) bond motifs is 15. The van der Waals surface area contributed by atoms with E-state index in [1.54, 1.807) is 0 Å². The summed E-state index contributed by atoms with van der Waals surface area (Å²) in [5.41, 5.74) is 13.2. The van der Waals surface area contributed by atoms with Gasteiger partial charge < -0.3 is 23.5 Å². The van der Waals surface area contributed by atoms with Crippen molar-refractivity contribution in [2.45, 2.75) is 18.5 Å². The van der Waals surface area contributed by atoms with E-state index in [1.807, 2.05) is 53.8 Å². The number of amidine groups is 2. The highest BCUT2D eigenvalue weighted by atomic mass is 32.1. The lowest BCUT2D eigenvalue weighted by Gasteiger charge is -2.25. The fourth-order valence-electron chi connectivity index (χ4n) is 11.5. The molecule has 0 spiro atoms. The molecule has 71 heavy (non-hydrogen) atoms. The normalized spacial score (nSPS) is 16.7. The van der Waals surface area contributed by atoms with Crippen molar-refractivity contribution in [2.75, 3.05) is 0 Å². The van der Waals surface area contributed by atoms with Gasteiger partial charge in [-0.3, -0.25) is 0 Å². The fraction of sp³-hybridized carbons (Fsp3) is 0.0476. The fourth-order valence-corrected chi connectivity index (χ4v) is 12.6. The zero-order valence-electron chi connectivity index (χ0n) is 37.9. The maximum Gasteiger partial charge on any atom is 0.159 e. The molecule has 334 valence electrons. The molecule has 0 saturated heterocycles. The maximum atomic E-state index is 6.74. The van der Waals surface area contributed by atoms with Crippen molar-refractivity contribution < 1.29 is 13.6 Å². The molecule has 0 bridgehead atoms. The minimum Gasteiger partial charge on any atom is -0.461 e. The number of para-hydroxylation sites is 4. The monoisotopic (exact) mass is 930 g/mol. The number of nitrogens with one attached hydrogen (secondary N) is 1. The Labute approximate surface area is 409 Å². The molecule has 8 heteroatoms. The van der Waals surface area contributed by atoms with Crippen molar-refractivity contribution in [1.82, 2.24) is 9.88 Å². The van der Waals surface area contributed by atoms with Gasteiger partial charge in [0, 0.05) is 86.4 Å². The second-order valence-electron chi connectivity index (χ2n) is 18.8. The molecule has 7 nitrogen and oxygen atoms in total. The number of aliphatic imine (C=N–C) groups is 2. The van der Waals surface area contributed by atoms with Gasteiger partial charge in [0.2, 0.25) is 0 Å². The van der Waals surface area contributed by atoms with Crippen LogP contribution in [0, 0.1) is 0 Å². The van der Waals surface area contributed by atoms with Crippen LogP contribution >= 0.6 is 11.3 Å². The average Bonchev–Trinajstić information content (AvgIpc) is 4.25. The van der Waals surface area contributed by atoms with Crippen LogP contribution < -0.4 is 10.1 Å². The first-order valence-electron chi connectivity index (χ1n) is 24.1. The first-order chi connectivity index (χ1) is 35.1. The molecular formula is C63H38N4O3S. The Morgan fingerprint density at radius 2 is 1.27 bits per heavy atom. The summed E-state index contributed by atoms with van der Waals surface area (Å²) in [6.45, 7) is 0. The molecule has 0 radical (unpaired) electrons. The molecule has 4 aromatic heterocycles. The van der Waals surface area contributed by atoms with Crippen molar-refractivity contribution in [1.29, 1.82) is 0 Å². The highest BCUT2D eigenvalue weighted by Crippen LogP contribution is 2.46. The lowest BCUT2D eigenvalue weighted by molar-refractivity contribution is 0.424. The molecular weight excluding hydrogens is 893 g/mol. The Morgan fingerprint density at radius 1 is 0.549 bits per heavy atom. The van der Waals surface area contributed by atoms with Gasteiger partial charge in [0.25, 0.3) is 0 Å². The van der Waals surface area contributed by atoms with Gasteiger partial charge >= 0.3 is 0 Å². The summed E-state index contributed by atoms with van der Waals surface area (Å²) < 4.78 is 24.4. The molecule has 1 N–H and O–H groups in total. The Balaban J connectivity index is 0.776. The lowest BCUT2D eigenvalue weighted by Crippen LogP contribution is -2.34. The molecule has 3 aliphatic rings. The summed E-state index contributed by atoms with van der Waals surface area (Å²) in [5.74, 6) is 3.39. The summed E-state index contributed by atoms with van der Waals surface area (Å²) in [7, 11) is 0. The van der Waals surface area contributed by atoms with Gasteiger partial charge in [0.05, 0.1) is 11.0 Å². The van der Waals surface area contributed by atoms with Crippen LogP contribution in [0.1, 0.15) is 35.2 Å². The van der Waals surface area contributed by atoms with E-state index in [0.29, 0.717) is 5.84 Å². The van der Waals surface area contributed by atoms with E-state index in [-0.39, 0.29) is 5.92 Å². The van der Waals surface area contributed by atoms with Crippen LogP contribution in [0.2, 0.25) is 0 Å². The number of benzene rings is 9. The number of ether oxygens (including phenoxy) is 1. The molecule has 0 amide bonds. The highest BCUT2D eigenvalue weighted by Gasteiger charge is 2.33. The zero-order valence-corrected chi connectivity index (χ0v) is 38.7. The second-order valence-corrected chi connectivity index (χ2v) is 19.9. The Morgan fingerprint density at radius 3 is 2.15 bits per heavy atom. The molecule has 9 aromatic carbocycles. The van der Waals surface area contributed by atoms with Crippen LogP contribution in [-0.2, 0) is 0 Å². The smallest absolute Gasteiger partial charge is 0.159 e.